The Labute approximate surface area is 154 Å². The van der Waals surface area contributed by atoms with Crippen molar-refractivity contribution >= 4 is 17.4 Å². The summed E-state index contributed by atoms with van der Waals surface area (Å²) in [4.78, 5) is 24.0. The summed E-state index contributed by atoms with van der Waals surface area (Å²) in [6, 6.07) is 12.6. The van der Waals surface area contributed by atoms with Crippen molar-refractivity contribution in [1.82, 2.24) is 0 Å². The van der Waals surface area contributed by atoms with E-state index in [1.807, 2.05) is 39.0 Å². The zero-order valence-corrected chi connectivity index (χ0v) is 15.5. The van der Waals surface area contributed by atoms with Crippen LogP contribution in [0.5, 0.6) is 0 Å². The molecule has 0 aliphatic heterocycles. The number of ketones is 1. The summed E-state index contributed by atoms with van der Waals surface area (Å²) in [6.45, 7) is 6.50. The summed E-state index contributed by atoms with van der Waals surface area (Å²) in [5.41, 5.74) is 4.23. The second-order valence-electron chi connectivity index (χ2n) is 6.21. The molecule has 0 fully saturated rings. The van der Waals surface area contributed by atoms with Gasteiger partial charge in [-0.3, -0.25) is 4.79 Å². The average molecular weight is 351 g/mol. The number of unbranched alkanes of at least 4 members (excludes halogenated alkanes) is 1. The maximum Gasteiger partial charge on any atom is 0.338 e. The summed E-state index contributed by atoms with van der Waals surface area (Å²) in [5, 5.41) is 3.04. The van der Waals surface area contributed by atoms with Crippen LogP contribution in [0.1, 0.15) is 51.6 Å². The maximum atomic E-state index is 12.2. The molecule has 2 aromatic rings. The standard InChI is InChI=1S/C22H25NO3/c1-4-5-14-26-22(25)18-8-10-20(11-9-18)23-13-12-21(24)19-7-6-16(2)17(3)15-19/h6-13,15,23H,4-5,14H2,1-3H3/b13-12+. The van der Waals surface area contributed by atoms with Gasteiger partial charge < -0.3 is 10.1 Å². The zero-order valence-electron chi connectivity index (χ0n) is 15.5. The summed E-state index contributed by atoms with van der Waals surface area (Å²) in [7, 11) is 0. The third-order valence-corrected chi connectivity index (χ3v) is 4.13. The van der Waals surface area contributed by atoms with E-state index in [0.29, 0.717) is 17.7 Å². The van der Waals surface area contributed by atoms with E-state index < -0.39 is 0 Å². The van der Waals surface area contributed by atoms with Gasteiger partial charge in [-0.25, -0.2) is 4.79 Å². The van der Waals surface area contributed by atoms with Gasteiger partial charge in [0, 0.05) is 23.5 Å². The molecule has 0 aliphatic rings. The molecule has 2 rings (SSSR count). The molecule has 0 heterocycles. The summed E-state index contributed by atoms with van der Waals surface area (Å²) < 4.78 is 5.17. The summed E-state index contributed by atoms with van der Waals surface area (Å²) in [5.74, 6) is -0.373. The Morgan fingerprint density at radius 3 is 2.35 bits per heavy atom. The Balaban J connectivity index is 1.90. The van der Waals surface area contributed by atoms with E-state index in [2.05, 4.69) is 5.32 Å². The van der Waals surface area contributed by atoms with Crippen LogP contribution in [0.25, 0.3) is 0 Å². The van der Waals surface area contributed by atoms with Crippen LogP contribution in [0.4, 0.5) is 5.69 Å². The molecule has 0 amide bonds. The van der Waals surface area contributed by atoms with Crippen molar-refractivity contribution < 1.29 is 14.3 Å². The zero-order chi connectivity index (χ0) is 18.9. The van der Waals surface area contributed by atoms with Crippen LogP contribution in [-0.2, 0) is 4.74 Å². The van der Waals surface area contributed by atoms with Gasteiger partial charge in [0.05, 0.1) is 12.2 Å². The normalized spacial score (nSPS) is 10.7. The fourth-order valence-electron chi connectivity index (χ4n) is 2.30. The molecular formula is C22H25NO3. The van der Waals surface area contributed by atoms with Gasteiger partial charge in [0.1, 0.15) is 0 Å². The molecule has 26 heavy (non-hydrogen) atoms. The lowest BCUT2D eigenvalue weighted by molar-refractivity contribution is 0.0499. The van der Waals surface area contributed by atoms with Gasteiger partial charge in [0.25, 0.3) is 0 Å². The molecule has 0 radical (unpaired) electrons. The van der Waals surface area contributed by atoms with Crippen LogP contribution < -0.4 is 5.32 Å². The molecule has 0 saturated heterocycles. The number of hydrogen-bond acceptors (Lipinski definition) is 4. The number of ether oxygens (including phenoxy) is 1. The summed E-state index contributed by atoms with van der Waals surface area (Å²) in [6.07, 6.45) is 4.96. The number of nitrogens with one attached hydrogen (secondary N) is 1. The van der Waals surface area contributed by atoms with Gasteiger partial charge in [-0.15, -0.1) is 0 Å². The topological polar surface area (TPSA) is 55.4 Å². The summed E-state index contributed by atoms with van der Waals surface area (Å²) >= 11 is 0. The van der Waals surface area contributed by atoms with Crippen molar-refractivity contribution in [1.29, 1.82) is 0 Å². The Bertz CT molecular complexity index is 792. The van der Waals surface area contributed by atoms with E-state index in [1.165, 1.54) is 6.08 Å². The largest absolute Gasteiger partial charge is 0.462 e. The van der Waals surface area contributed by atoms with Gasteiger partial charge in [0.2, 0.25) is 0 Å². The first-order valence-corrected chi connectivity index (χ1v) is 8.83. The van der Waals surface area contributed by atoms with Crippen molar-refractivity contribution in [3.05, 3.63) is 77.0 Å². The van der Waals surface area contributed by atoms with Crippen LogP contribution in [-0.4, -0.2) is 18.4 Å². The van der Waals surface area contributed by atoms with Crippen molar-refractivity contribution in [2.45, 2.75) is 33.6 Å². The number of anilines is 1. The van der Waals surface area contributed by atoms with Crippen LogP contribution >= 0.6 is 0 Å². The molecule has 0 saturated carbocycles. The first kappa shape index (κ1) is 19.4. The molecule has 0 aromatic heterocycles. The van der Waals surface area contributed by atoms with E-state index in [0.717, 1.165) is 29.7 Å². The van der Waals surface area contributed by atoms with Gasteiger partial charge in [-0.05, 0) is 61.7 Å². The fraction of sp³-hybridized carbons (Fsp3) is 0.273. The molecule has 2 aromatic carbocycles. The second kappa shape index (κ2) is 9.56. The number of carbonyl (C=O) groups excluding carboxylic acids is 2. The van der Waals surface area contributed by atoms with Crippen LogP contribution in [0, 0.1) is 13.8 Å². The highest BCUT2D eigenvalue weighted by Crippen LogP contribution is 2.13. The van der Waals surface area contributed by atoms with Crippen molar-refractivity contribution in [3.63, 3.8) is 0 Å². The number of hydrogen-bond donors (Lipinski definition) is 1. The molecule has 4 heteroatoms. The van der Waals surface area contributed by atoms with Crippen molar-refractivity contribution in [2.75, 3.05) is 11.9 Å². The van der Waals surface area contributed by atoms with Crippen LogP contribution in [0.3, 0.4) is 0 Å². The highest BCUT2D eigenvalue weighted by molar-refractivity contribution is 6.04. The van der Waals surface area contributed by atoms with Gasteiger partial charge in [-0.2, -0.15) is 0 Å². The van der Waals surface area contributed by atoms with Gasteiger partial charge >= 0.3 is 5.97 Å². The van der Waals surface area contributed by atoms with Crippen LogP contribution in [0.15, 0.2) is 54.7 Å². The SMILES string of the molecule is CCCCOC(=O)c1ccc(N/C=C/C(=O)c2ccc(C)c(C)c2)cc1. The maximum absolute atomic E-state index is 12.2. The molecule has 1 N–H and O–H groups in total. The molecule has 0 unspecified atom stereocenters. The van der Waals surface area contributed by atoms with E-state index >= 15 is 0 Å². The third-order valence-electron chi connectivity index (χ3n) is 4.13. The molecule has 0 atom stereocenters. The Hall–Kier alpha value is -2.88. The average Bonchev–Trinajstić information content (AvgIpc) is 2.64. The lowest BCUT2D eigenvalue weighted by Gasteiger charge is -2.05. The smallest absolute Gasteiger partial charge is 0.338 e. The van der Waals surface area contributed by atoms with Gasteiger partial charge in [-0.1, -0.05) is 25.5 Å². The minimum atomic E-state index is -0.314. The quantitative estimate of drug-likeness (QED) is 0.312. The predicted molar refractivity (Wildman–Crippen MR) is 105 cm³/mol. The van der Waals surface area contributed by atoms with E-state index in [9.17, 15) is 9.59 Å². The van der Waals surface area contributed by atoms with Crippen molar-refractivity contribution in [3.8, 4) is 0 Å². The molecule has 0 aliphatic carbocycles. The number of benzene rings is 2. The molecule has 0 spiro atoms. The van der Waals surface area contributed by atoms with Crippen LogP contribution in [0.2, 0.25) is 0 Å². The molecular weight excluding hydrogens is 326 g/mol. The van der Waals surface area contributed by atoms with E-state index in [1.54, 1.807) is 30.5 Å². The number of rotatable bonds is 8. The monoisotopic (exact) mass is 351 g/mol. The second-order valence-corrected chi connectivity index (χ2v) is 6.21. The highest BCUT2D eigenvalue weighted by Gasteiger charge is 2.06. The molecule has 136 valence electrons. The Kier molecular flexibility index (Phi) is 7.15. The predicted octanol–water partition coefficient (Wildman–Crippen LogP) is 5.07. The third kappa shape index (κ3) is 5.59. The van der Waals surface area contributed by atoms with Crippen molar-refractivity contribution in [2.24, 2.45) is 0 Å². The van der Waals surface area contributed by atoms with E-state index in [4.69, 9.17) is 4.74 Å². The minimum Gasteiger partial charge on any atom is -0.462 e. The van der Waals surface area contributed by atoms with Gasteiger partial charge in [0.15, 0.2) is 5.78 Å². The first-order valence-electron chi connectivity index (χ1n) is 8.83. The Morgan fingerprint density at radius 1 is 1.00 bits per heavy atom. The Morgan fingerprint density at radius 2 is 1.69 bits per heavy atom. The van der Waals surface area contributed by atoms with E-state index in [-0.39, 0.29) is 11.8 Å². The minimum absolute atomic E-state index is 0.0586. The number of allylic oxidation sites excluding steroid dienone is 1. The fourth-order valence-corrected chi connectivity index (χ4v) is 2.30. The lowest BCUT2D eigenvalue weighted by Crippen LogP contribution is -2.06. The number of carbonyl (C=O) groups is 2. The molecule has 4 nitrogen and oxygen atoms in total. The lowest BCUT2D eigenvalue weighted by atomic mass is 10.0. The number of aryl methyl sites for hydroxylation is 2. The molecule has 0 bridgehead atoms. The highest BCUT2D eigenvalue weighted by atomic mass is 16.5. The number of esters is 1. The first-order chi connectivity index (χ1) is 12.5.